The van der Waals surface area contributed by atoms with Crippen LogP contribution in [-0.4, -0.2) is 23.2 Å². The summed E-state index contributed by atoms with van der Waals surface area (Å²) in [6.45, 7) is 3.66. The van der Waals surface area contributed by atoms with Crippen molar-refractivity contribution in [1.82, 2.24) is 5.32 Å². The van der Waals surface area contributed by atoms with E-state index in [1.165, 1.54) is 0 Å². The van der Waals surface area contributed by atoms with E-state index in [4.69, 9.17) is 0 Å². The van der Waals surface area contributed by atoms with E-state index in [0.717, 1.165) is 8.95 Å². The summed E-state index contributed by atoms with van der Waals surface area (Å²) >= 11 is 6.67. The van der Waals surface area contributed by atoms with E-state index in [1.807, 2.05) is 19.9 Å². The summed E-state index contributed by atoms with van der Waals surface area (Å²) in [6, 6.07) is 5.35. The molecule has 0 heterocycles. The first-order valence-corrected chi connectivity index (χ1v) is 6.88. The first-order chi connectivity index (χ1) is 7.90. The highest BCUT2D eigenvalue weighted by atomic mass is 79.9. The highest BCUT2D eigenvalue weighted by Crippen LogP contribution is 2.20. The number of carbonyl (C=O) groups is 1. The number of carbonyl (C=O) groups excluding carboxylic acids is 1. The Bertz CT molecular complexity index is 397. The van der Waals surface area contributed by atoms with Gasteiger partial charge >= 0.3 is 0 Å². The van der Waals surface area contributed by atoms with Crippen molar-refractivity contribution >= 4 is 37.8 Å². The number of hydrogen-bond donors (Lipinski definition) is 2. The van der Waals surface area contributed by atoms with Crippen LogP contribution in [-0.2, 0) is 0 Å². The summed E-state index contributed by atoms with van der Waals surface area (Å²) in [4.78, 5) is 12.0. The van der Waals surface area contributed by atoms with Crippen LogP contribution in [0.15, 0.2) is 27.1 Å². The molecule has 0 spiro atoms. The van der Waals surface area contributed by atoms with Gasteiger partial charge in [-0.1, -0.05) is 38.8 Å². The first-order valence-electron chi connectivity index (χ1n) is 5.29. The topological polar surface area (TPSA) is 49.3 Å². The lowest BCUT2D eigenvalue weighted by Crippen LogP contribution is -2.48. The van der Waals surface area contributed by atoms with Crippen molar-refractivity contribution in [2.75, 3.05) is 6.61 Å². The molecule has 94 valence electrons. The number of halogens is 2. The molecule has 0 saturated carbocycles. The zero-order valence-electron chi connectivity index (χ0n) is 9.76. The minimum Gasteiger partial charge on any atom is -0.394 e. The van der Waals surface area contributed by atoms with E-state index in [9.17, 15) is 9.90 Å². The standard InChI is InChI=1S/C12H15Br2NO2/c1-3-12(2,7-16)15-11(17)8-4-9(13)6-10(14)5-8/h4-6,16H,3,7H2,1-2H3,(H,15,17). The number of amides is 1. The van der Waals surface area contributed by atoms with E-state index in [2.05, 4.69) is 37.2 Å². The van der Waals surface area contributed by atoms with Gasteiger partial charge in [-0.2, -0.15) is 0 Å². The number of aliphatic hydroxyl groups is 1. The SMILES string of the molecule is CCC(C)(CO)NC(=O)c1cc(Br)cc(Br)c1. The highest BCUT2D eigenvalue weighted by Gasteiger charge is 2.23. The van der Waals surface area contributed by atoms with Crippen molar-refractivity contribution < 1.29 is 9.90 Å². The number of rotatable bonds is 4. The van der Waals surface area contributed by atoms with Gasteiger partial charge in [-0.05, 0) is 31.5 Å². The molecule has 0 fully saturated rings. The molecule has 0 radical (unpaired) electrons. The molecule has 0 aromatic heterocycles. The highest BCUT2D eigenvalue weighted by molar-refractivity contribution is 9.11. The van der Waals surface area contributed by atoms with E-state index >= 15 is 0 Å². The summed E-state index contributed by atoms with van der Waals surface area (Å²) in [5.74, 6) is -0.189. The Morgan fingerprint density at radius 2 is 1.88 bits per heavy atom. The molecule has 1 amide bonds. The second-order valence-corrected chi connectivity index (χ2v) is 6.02. The fourth-order valence-electron chi connectivity index (χ4n) is 1.27. The van der Waals surface area contributed by atoms with Gasteiger partial charge in [0.1, 0.15) is 0 Å². The monoisotopic (exact) mass is 363 g/mol. The molecule has 17 heavy (non-hydrogen) atoms. The van der Waals surface area contributed by atoms with Crippen LogP contribution in [0.3, 0.4) is 0 Å². The maximum absolute atomic E-state index is 12.0. The molecule has 1 atom stereocenters. The minimum absolute atomic E-state index is 0.0790. The summed E-state index contributed by atoms with van der Waals surface area (Å²) in [7, 11) is 0. The van der Waals surface area contributed by atoms with Gasteiger partial charge < -0.3 is 10.4 Å². The summed E-state index contributed by atoms with van der Waals surface area (Å²) < 4.78 is 1.67. The Labute approximate surface area is 118 Å². The van der Waals surface area contributed by atoms with Crippen LogP contribution in [0.4, 0.5) is 0 Å². The third kappa shape index (κ3) is 4.08. The predicted molar refractivity (Wildman–Crippen MR) is 75.1 cm³/mol. The number of benzene rings is 1. The van der Waals surface area contributed by atoms with Crippen LogP contribution >= 0.6 is 31.9 Å². The molecule has 0 aliphatic heterocycles. The molecule has 0 saturated heterocycles. The molecule has 1 unspecified atom stereocenters. The quantitative estimate of drug-likeness (QED) is 0.862. The Hall–Kier alpha value is -0.390. The zero-order chi connectivity index (χ0) is 13.1. The van der Waals surface area contributed by atoms with Crippen molar-refractivity contribution in [2.45, 2.75) is 25.8 Å². The van der Waals surface area contributed by atoms with Crippen LogP contribution in [0.2, 0.25) is 0 Å². The molecule has 0 aliphatic carbocycles. The van der Waals surface area contributed by atoms with Gasteiger partial charge in [0.2, 0.25) is 0 Å². The maximum Gasteiger partial charge on any atom is 0.251 e. The molecule has 2 N–H and O–H groups in total. The van der Waals surface area contributed by atoms with Gasteiger partial charge in [0.05, 0.1) is 12.1 Å². The van der Waals surface area contributed by atoms with Crippen LogP contribution in [0, 0.1) is 0 Å². The van der Waals surface area contributed by atoms with E-state index < -0.39 is 5.54 Å². The average molecular weight is 365 g/mol. The fourth-order valence-corrected chi connectivity index (χ4v) is 2.56. The first kappa shape index (κ1) is 14.7. The Kier molecular flexibility index (Phi) is 5.16. The Morgan fingerprint density at radius 1 is 1.35 bits per heavy atom. The summed E-state index contributed by atoms with van der Waals surface area (Å²) in [5, 5.41) is 12.1. The zero-order valence-corrected chi connectivity index (χ0v) is 12.9. The van der Waals surface area contributed by atoms with Gasteiger partial charge in [0, 0.05) is 14.5 Å². The molecule has 0 bridgehead atoms. The normalized spacial score (nSPS) is 14.2. The van der Waals surface area contributed by atoms with Crippen LogP contribution in [0.25, 0.3) is 0 Å². The third-order valence-electron chi connectivity index (χ3n) is 2.67. The second-order valence-electron chi connectivity index (χ2n) is 4.18. The molecule has 1 aromatic carbocycles. The van der Waals surface area contributed by atoms with Crippen LogP contribution in [0.1, 0.15) is 30.6 Å². The Morgan fingerprint density at radius 3 is 2.29 bits per heavy atom. The van der Waals surface area contributed by atoms with Crippen molar-refractivity contribution in [1.29, 1.82) is 0 Å². The molecule has 3 nitrogen and oxygen atoms in total. The fraction of sp³-hybridized carbons (Fsp3) is 0.417. The molecular formula is C12H15Br2NO2. The van der Waals surface area contributed by atoms with Gasteiger partial charge in [-0.15, -0.1) is 0 Å². The Balaban J connectivity index is 2.90. The molecule has 0 aliphatic rings. The predicted octanol–water partition coefficient (Wildman–Crippen LogP) is 3.10. The van der Waals surface area contributed by atoms with E-state index in [0.29, 0.717) is 12.0 Å². The smallest absolute Gasteiger partial charge is 0.251 e. The van der Waals surface area contributed by atoms with Crippen molar-refractivity contribution in [3.05, 3.63) is 32.7 Å². The lowest BCUT2D eigenvalue weighted by molar-refractivity contribution is 0.0847. The molecule has 5 heteroatoms. The van der Waals surface area contributed by atoms with E-state index in [1.54, 1.807) is 12.1 Å². The molecule has 1 aromatic rings. The van der Waals surface area contributed by atoms with Crippen LogP contribution in [0.5, 0.6) is 0 Å². The number of nitrogens with one attached hydrogen (secondary N) is 1. The third-order valence-corrected chi connectivity index (χ3v) is 3.59. The van der Waals surface area contributed by atoms with Crippen LogP contribution < -0.4 is 5.32 Å². The molecule has 1 rings (SSSR count). The largest absolute Gasteiger partial charge is 0.394 e. The van der Waals surface area contributed by atoms with Crippen molar-refractivity contribution in [2.24, 2.45) is 0 Å². The summed E-state index contributed by atoms with van der Waals surface area (Å²) in [5.41, 5.74) is -0.0225. The molecular weight excluding hydrogens is 350 g/mol. The summed E-state index contributed by atoms with van der Waals surface area (Å²) in [6.07, 6.45) is 0.671. The minimum atomic E-state index is -0.578. The lowest BCUT2D eigenvalue weighted by Gasteiger charge is -2.27. The van der Waals surface area contributed by atoms with Crippen molar-refractivity contribution in [3.63, 3.8) is 0 Å². The second kappa shape index (κ2) is 5.98. The number of aliphatic hydroxyl groups excluding tert-OH is 1. The lowest BCUT2D eigenvalue weighted by atomic mass is 9.99. The van der Waals surface area contributed by atoms with Gasteiger partial charge in [0.25, 0.3) is 5.91 Å². The van der Waals surface area contributed by atoms with Gasteiger partial charge in [0.15, 0.2) is 0 Å². The van der Waals surface area contributed by atoms with Gasteiger partial charge in [-0.3, -0.25) is 4.79 Å². The van der Waals surface area contributed by atoms with Crippen molar-refractivity contribution in [3.8, 4) is 0 Å². The van der Waals surface area contributed by atoms with Gasteiger partial charge in [-0.25, -0.2) is 0 Å². The van der Waals surface area contributed by atoms with E-state index in [-0.39, 0.29) is 12.5 Å². The number of hydrogen-bond acceptors (Lipinski definition) is 2. The maximum atomic E-state index is 12.0. The average Bonchev–Trinajstić information content (AvgIpc) is 2.27.